The highest BCUT2D eigenvalue weighted by molar-refractivity contribution is 5.31. The molecule has 2 N–H and O–H groups in total. The van der Waals surface area contributed by atoms with Gasteiger partial charge in [-0.25, -0.2) is 4.39 Å². The molecule has 0 saturated heterocycles. The van der Waals surface area contributed by atoms with Gasteiger partial charge < -0.3 is 5.73 Å². The Morgan fingerprint density at radius 3 is 2.56 bits per heavy atom. The minimum atomic E-state index is -0.183. The zero-order valence-corrected chi connectivity index (χ0v) is 10.1. The fourth-order valence-electron chi connectivity index (χ4n) is 2.82. The second kappa shape index (κ2) is 4.17. The van der Waals surface area contributed by atoms with Crippen molar-refractivity contribution in [2.24, 2.45) is 11.1 Å². The van der Waals surface area contributed by atoms with Crippen molar-refractivity contribution in [1.82, 2.24) is 0 Å². The van der Waals surface area contributed by atoms with Gasteiger partial charge >= 0.3 is 0 Å². The Morgan fingerprint density at radius 2 is 1.94 bits per heavy atom. The standard InChI is InChI=1S/C14H20FN/c1-10-5-6-11(15)9-12(10)13(16)14(2)7-3-4-8-14/h5-6,9,13H,3-4,7-8,16H2,1-2H3. The zero-order valence-electron chi connectivity index (χ0n) is 10.1. The third kappa shape index (κ3) is 1.99. The molecule has 2 heteroatoms. The Hall–Kier alpha value is -0.890. The Bertz CT molecular complexity index is 380. The monoisotopic (exact) mass is 221 g/mol. The number of hydrogen-bond donors (Lipinski definition) is 1. The largest absolute Gasteiger partial charge is 0.323 e. The number of nitrogens with two attached hydrogens (primary N) is 1. The average Bonchev–Trinajstić information content (AvgIpc) is 2.69. The minimum absolute atomic E-state index is 0.0364. The van der Waals surface area contributed by atoms with E-state index in [1.54, 1.807) is 6.07 Å². The second-order valence-corrected chi connectivity index (χ2v) is 5.34. The van der Waals surface area contributed by atoms with Crippen molar-refractivity contribution in [2.75, 3.05) is 0 Å². The molecule has 1 fully saturated rings. The van der Waals surface area contributed by atoms with Crippen LogP contribution >= 0.6 is 0 Å². The highest BCUT2D eigenvalue weighted by Crippen LogP contribution is 2.46. The van der Waals surface area contributed by atoms with E-state index in [1.165, 1.54) is 18.9 Å². The number of hydrogen-bond acceptors (Lipinski definition) is 1. The van der Waals surface area contributed by atoms with E-state index >= 15 is 0 Å². The third-order valence-corrected chi connectivity index (χ3v) is 4.07. The minimum Gasteiger partial charge on any atom is -0.323 e. The molecule has 88 valence electrons. The summed E-state index contributed by atoms with van der Waals surface area (Å²) in [6.07, 6.45) is 4.81. The lowest BCUT2D eigenvalue weighted by molar-refractivity contribution is 0.264. The number of benzene rings is 1. The zero-order chi connectivity index (χ0) is 11.8. The molecule has 2 rings (SSSR count). The summed E-state index contributed by atoms with van der Waals surface area (Å²) in [6, 6.07) is 4.89. The van der Waals surface area contributed by atoms with Crippen LogP contribution in [0.3, 0.4) is 0 Å². The van der Waals surface area contributed by atoms with Crippen molar-refractivity contribution in [3.05, 3.63) is 35.1 Å². The Labute approximate surface area is 96.9 Å². The van der Waals surface area contributed by atoms with E-state index in [9.17, 15) is 4.39 Å². The van der Waals surface area contributed by atoms with E-state index in [1.807, 2.05) is 13.0 Å². The van der Waals surface area contributed by atoms with E-state index in [4.69, 9.17) is 5.73 Å². The lowest BCUT2D eigenvalue weighted by Crippen LogP contribution is -2.30. The van der Waals surface area contributed by atoms with Gasteiger partial charge in [-0.1, -0.05) is 25.8 Å². The van der Waals surface area contributed by atoms with Crippen LogP contribution in [0.4, 0.5) is 4.39 Å². The van der Waals surface area contributed by atoms with E-state index in [2.05, 4.69) is 6.92 Å². The quantitative estimate of drug-likeness (QED) is 0.809. The van der Waals surface area contributed by atoms with Crippen LogP contribution in [0.2, 0.25) is 0 Å². The van der Waals surface area contributed by atoms with Gasteiger partial charge in [0.15, 0.2) is 0 Å². The van der Waals surface area contributed by atoms with Gasteiger partial charge in [-0.3, -0.25) is 0 Å². The molecular weight excluding hydrogens is 201 g/mol. The third-order valence-electron chi connectivity index (χ3n) is 4.07. The number of halogens is 1. The van der Waals surface area contributed by atoms with Crippen LogP contribution < -0.4 is 5.73 Å². The summed E-state index contributed by atoms with van der Waals surface area (Å²) < 4.78 is 13.3. The van der Waals surface area contributed by atoms with Crippen LogP contribution in [0.25, 0.3) is 0 Å². The molecular formula is C14H20FN. The van der Waals surface area contributed by atoms with Crippen LogP contribution in [0.5, 0.6) is 0 Å². The molecule has 16 heavy (non-hydrogen) atoms. The fraction of sp³-hybridized carbons (Fsp3) is 0.571. The molecule has 0 aliphatic heterocycles. The first-order valence-corrected chi connectivity index (χ1v) is 6.04. The number of aryl methyl sites for hydroxylation is 1. The van der Waals surface area contributed by atoms with Crippen molar-refractivity contribution < 1.29 is 4.39 Å². The van der Waals surface area contributed by atoms with E-state index < -0.39 is 0 Å². The second-order valence-electron chi connectivity index (χ2n) is 5.34. The van der Waals surface area contributed by atoms with Crippen LogP contribution in [-0.2, 0) is 0 Å². The highest BCUT2D eigenvalue weighted by atomic mass is 19.1. The Kier molecular flexibility index (Phi) is 3.02. The summed E-state index contributed by atoms with van der Waals surface area (Å²) in [5.74, 6) is -0.183. The lowest BCUT2D eigenvalue weighted by atomic mass is 9.77. The van der Waals surface area contributed by atoms with Gasteiger partial charge in [-0.15, -0.1) is 0 Å². The molecule has 0 heterocycles. The molecule has 1 saturated carbocycles. The first kappa shape index (κ1) is 11.6. The topological polar surface area (TPSA) is 26.0 Å². The van der Waals surface area contributed by atoms with E-state index in [0.29, 0.717) is 0 Å². The molecule has 1 aromatic rings. The molecule has 0 amide bonds. The molecule has 1 nitrogen and oxygen atoms in total. The first-order chi connectivity index (χ1) is 7.53. The first-order valence-electron chi connectivity index (χ1n) is 6.04. The van der Waals surface area contributed by atoms with Gasteiger partial charge in [-0.2, -0.15) is 0 Å². The van der Waals surface area contributed by atoms with Gasteiger partial charge in [0.05, 0.1) is 0 Å². The summed E-state index contributed by atoms with van der Waals surface area (Å²) in [5, 5.41) is 0. The van der Waals surface area contributed by atoms with E-state index in [0.717, 1.165) is 24.0 Å². The van der Waals surface area contributed by atoms with E-state index in [-0.39, 0.29) is 17.3 Å². The molecule has 1 aromatic carbocycles. The molecule has 1 unspecified atom stereocenters. The van der Waals surface area contributed by atoms with Crippen LogP contribution in [-0.4, -0.2) is 0 Å². The predicted molar refractivity (Wildman–Crippen MR) is 64.6 cm³/mol. The maximum atomic E-state index is 13.3. The van der Waals surface area contributed by atoms with Gasteiger partial charge in [-0.05, 0) is 48.4 Å². The molecule has 0 radical (unpaired) electrons. The maximum absolute atomic E-state index is 13.3. The summed E-state index contributed by atoms with van der Waals surface area (Å²) >= 11 is 0. The van der Waals surface area contributed by atoms with Crippen LogP contribution in [0, 0.1) is 18.2 Å². The van der Waals surface area contributed by atoms with Gasteiger partial charge in [0, 0.05) is 6.04 Å². The summed E-state index contributed by atoms with van der Waals surface area (Å²) in [7, 11) is 0. The van der Waals surface area contributed by atoms with Gasteiger partial charge in [0.25, 0.3) is 0 Å². The molecule has 0 bridgehead atoms. The highest BCUT2D eigenvalue weighted by Gasteiger charge is 2.36. The maximum Gasteiger partial charge on any atom is 0.123 e. The van der Waals surface area contributed by atoms with Crippen molar-refractivity contribution in [2.45, 2.75) is 45.6 Å². The van der Waals surface area contributed by atoms with Crippen molar-refractivity contribution >= 4 is 0 Å². The molecule has 0 spiro atoms. The van der Waals surface area contributed by atoms with Crippen LogP contribution in [0.1, 0.15) is 49.8 Å². The lowest BCUT2D eigenvalue weighted by Gasteiger charge is -2.32. The smallest absolute Gasteiger partial charge is 0.123 e. The molecule has 1 atom stereocenters. The molecule has 1 aliphatic rings. The van der Waals surface area contributed by atoms with Gasteiger partial charge in [0.2, 0.25) is 0 Å². The number of rotatable bonds is 2. The average molecular weight is 221 g/mol. The normalized spacial score (nSPS) is 21.0. The molecule has 0 aromatic heterocycles. The predicted octanol–water partition coefficient (Wildman–Crippen LogP) is 3.71. The SMILES string of the molecule is Cc1ccc(F)cc1C(N)C1(C)CCCC1. The molecule has 1 aliphatic carbocycles. The fourth-order valence-corrected chi connectivity index (χ4v) is 2.82. The summed E-state index contributed by atoms with van der Waals surface area (Å²) in [5.41, 5.74) is 8.56. The van der Waals surface area contributed by atoms with Gasteiger partial charge in [0.1, 0.15) is 5.82 Å². The Balaban J connectivity index is 2.32. The Morgan fingerprint density at radius 1 is 1.31 bits per heavy atom. The summed E-state index contributed by atoms with van der Waals surface area (Å²) in [4.78, 5) is 0. The van der Waals surface area contributed by atoms with Crippen molar-refractivity contribution in [3.63, 3.8) is 0 Å². The van der Waals surface area contributed by atoms with Crippen LogP contribution in [0.15, 0.2) is 18.2 Å². The van der Waals surface area contributed by atoms with Crippen molar-refractivity contribution in [3.8, 4) is 0 Å². The van der Waals surface area contributed by atoms with Crippen molar-refractivity contribution in [1.29, 1.82) is 0 Å². The summed E-state index contributed by atoms with van der Waals surface area (Å²) in [6.45, 7) is 4.24.